The lowest BCUT2D eigenvalue weighted by Crippen LogP contribution is -2.24. The Balaban J connectivity index is 1.83. The van der Waals surface area contributed by atoms with E-state index in [4.69, 9.17) is 9.15 Å². The number of nitrogens with zero attached hydrogens (tertiary/aromatic N) is 2. The number of furan rings is 1. The molecule has 0 atom stereocenters. The maximum atomic E-state index is 12.4. The summed E-state index contributed by atoms with van der Waals surface area (Å²) < 4.78 is 37.7. The van der Waals surface area contributed by atoms with Crippen LogP contribution in [0.1, 0.15) is 5.69 Å². The number of hydrogen-bond acceptors (Lipinski definition) is 6. The quantitative estimate of drug-likeness (QED) is 0.736. The lowest BCUT2D eigenvalue weighted by molar-refractivity contribution is 0.413. The Morgan fingerprint density at radius 2 is 2.00 bits per heavy atom. The molecule has 0 fully saturated rings. The van der Waals surface area contributed by atoms with Gasteiger partial charge in [-0.05, 0) is 24.3 Å². The molecule has 7 nitrogen and oxygen atoms in total. The van der Waals surface area contributed by atoms with Gasteiger partial charge in [0.25, 0.3) is 0 Å². The number of rotatable bonds is 6. The lowest BCUT2D eigenvalue weighted by atomic mass is 10.2. The van der Waals surface area contributed by atoms with Crippen LogP contribution >= 0.6 is 0 Å². The van der Waals surface area contributed by atoms with Gasteiger partial charge in [0.1, 0.15) is 11.4 Å². The molecule has 3 rings (SSSR count). The minimum Gasteiger partial charge on any atom is -0.497 e. The first-order valence-electron chi connectivity index (χ1n) is 7.07. The summed E-state index contributed by atoms with van der Waals surface area (Å²) in [6, 6.07) is 9.71. The van der Waals surface area contributed by atoms with Crippen LogP contribution < -0.4 is 9.46 Å². The van der Waals surface area contributed by atoms with Gasteiger partial charge in [0.2, 0.25) is 10.0 Å². The number of methoxy groups -OCH3 is 1. The first-order valence-corrected chi connectivity index (χ1v) is 8.56. The van der Waals surface area contributed by atoms with Gasteiger partial charge in [-0.2, -0.15) is 0 Å². The third-order valence-corrected chi connectivity index (χ3v) is 4.71. The number of benzene rings is 1. The van der Waals surface area contributed by atoms with Gasteiger partial charge in [-0.3, -0.25) is 4.98 Å². The lowest BCUT2D eigenvalue weighted by Gasteiger charge is -2.09. The summed E-state index contributed by atoms with van der Waals surface area (Å²) in [6.07, 6.45) is 4.55. The van der Waals surface area contributed by atoms with Crippen molar-refractivity contribution >= 4 is 10.0 Å². The van der Waals surface area contributed by atoms with Crippen LogP contribution in [0.2, 0.25) is 0 Å². The Kier molecular flexibility index (Phi) is 4.59. The Morgan fingerprint density at radius 1 is 1.17 bits per heavy atom. The zero-order valence-electron chi connectivity index (χ0n) is 12.8. The van der Waals surface area contributed by atoms with Crippen LogP contribution in [0.4, 0.5) is 0 Å². The SMILES string of the molecule is COc1cccc(S(=O)(=O)NCc2nccnc2-c2ccco2)c1. The summed E-state index contributed by atoms with van der Waals surface area (Å²) in [5.74, 6) is 0.993. The molecule has 8 heteroatoms. The van der Waals surface area contributed by atoms with Crippen molar-refractivity contribution in [2.75, 3.05) is 7.11 Å². The van der Waals surface area contributed by atoms with Gasteiger partial charge in [-0.25, -0.2) is 18.1 Å². The Labute approximate surface area is 139 Å². The van der Waals surface area contributed by atoms with E-state index in [0.29, 0.717) is 22.9 Å². The second kappa shape index (κ2) is 6.81. The summed E-state index contributed by atoms with van der Waals surface area (Å²) in [6.45, 7) is -0.0105. The average molecular weight is 345 g/mol. The van der Waals surface area contributed by atoms with Crippen LogP contribution in [0, 0.1) is 0 Å². The largest absolute Gasteiger partial charge is 0.497 e. The summed E-state index contributed by atoms with van der Waals surface area (Å²) in [5.41, 5.74) is 0.967. The van der Waals surface area contributed by atoms with E-state index in [-0.39, 0.29) is 11.4 Å². The van der Waals surface area contributed by atoms with Gasteiger partial charge in [-0.1, -0.05) is 6.07 Å². The molecule has 124 valence electrons. The molecule has 3 aromatic rings. The summed E-state index contributed by atoms with van der Waals surface area (Å²) in [7, 11) is -2.22. The molecule has 0 spiro atoms. The van der Waals surface area contributed by atoms with E-state index in [1.165, 1.54) is 37.9 Å². The van der Waals surface area contributed by atoms with Crippen molar-refractivity contribution < 1.29 is 17.6 Å². The molecule has 2 aromatic heterocycles. The minimum absolute atomic E-state index is 0.0105. The van der Waals surface area contributed by atoms with Crippen molar-refractivity contribution in [2.24, 2.45) is 0 Å². The van der Waals surface area contributed by atoms with Crippen molar-refractivity contribution in [3.05, 3.63) is 60.7 Å². The Morgan fingerprint density at radius 3 is 2.75 bits per heavy atom. The third kappa shape index (κ3) is 3.44. The van der Waals surface area contributed by atoms with Crippen molar-refractivity contribution in [1.82, 2.24) is 14.7 Å². The fraction of sp³-hybridized carbons (Fsp3) is 0.125. The van der Waals surface area contributed by atoms with Gasteiger partial charge in [0, 0.05) is 18.5 Å². The fourth-order valence-corrected chi connectivity index (χ4v) is 3.15. The van der Waals surface area contributed by atoms with Gasteiger partial charge in [0.05, 0.1) is 30.5 Å². The van der Waals surface area contributed by atoms with Gasteiger partial charge in [0.15, 0.2) is 5.76 Å². The van der Waals surface area contributed by atoms with Crippen molar-refractivity contribution in [3.8, 4) is 17.2 Å². The molecule has 0 amide bonds. The molecule has 1 aromatic carbocycles. The van der Waals surface area contributed by atoms with Crippen LogP contribution in [0.3, 0.4) is 0 Å². The first kappa shape index (κ1) is 16.2. The van der Waals surface area contributed by atoms with Crippen molar-refractivity contribution in [1.29, 1.82) is 0 Å². The van der Waals surface area contributed by atoms with Gasteiger partial charge >= 0.3 is 0 Å². The monoisotopic (exact) mass is 345 g/mol. The van der Waals surface area contributed by atoms with E-state index in [2.05, 4.69) is 14.7 Å². The molecule has 0 bridgehead atoms. The highest BCUT2D eigenvalue weighted by atomic mass is 32.2. The summed E-state index contributed by atoms with van der Waals surface area (Å²) in [5, 5.41) is 0. The number of ether oxygens (including phenoxy) is 1. The molecule has 1 N–H and O–H groups in total. The van der Waals surface area contributed by atoms with Crippen molar-refractivity contribution in [3.63, 3.8) is 0 Å². The van der Waals surface area contributed by atoms with E-state index >= 15 is 0 Å². The maximum absolute atomic E-state index is 12.4. The Bertz CT molecular complexity index is 924. The Hall–Kier alpha value is -2.71. The number of hydrogen-bond donors (Lipinski definition) is 1. The number of sulfonamides is 1. The van der Waals surface area contributed by atoms with Crippen LogP contribution in [0.15, 0.2) is 64.4 Å². The molecule has 0 unspecified atom stereocenters. The van der Waals surface area contributed by atoms with Crippen LogP contribution in [-0.4, -0.2) is 25.5 Å². The third-order valence-electron chi connectivity index (χ3n) is 3.31. The summed E-state index contributed by atoms with van der Waals surface area (Å²) >= 11 is 0. The molecule has 0 aliphatic carbocycles. The second-order valence-corrected chi connectivity index (χ2v) is 6.60. The van der Waals surface area contributed by atoms with Gasteiger partial charge < -0.3 is 9.15 Å². The van der Waals surface area contributed by atoms with Gasteiger partial charge in [-0.15, -0.1) is 0 Å². The van der Waals surface area contributed by atoms with E-state index in [1.54, 1.807) is 24.3 Å². The highest BCUT2D eigenvalue weighted by Crippen LogP contribution is 2.21. The zero-order chi connectivity index (χ0) is 17.0. The normalized spacial score (nSPS) is 11.4. The summed E-state index contributed by atoms with van der Waals surface area (Å²) in [4.78, 5) is 8.52. The maximum Gasteiger partial charge on any atom is 0.241 e. The molecular formula is C16H15N3O4S. The minimum atomic E-state index is -3.71. The standard InChI is InChI=1S/C16H15N3O4S/c1-22-12-4-2-5-13(10-12)24(20,21)19-11-14-16(18-8-7-17-14)15-6-3-9-23-15/h2-10,19H,11H2,1H3. The van der Waals surface area contributed by atoms with Crippen LogP contribution in [0.25, 0.3) is 11.5 Å². The highest BCUT2D eigenvalue weighted by Gasteiger charge is 2.17. The number of aromatic nitrogens is 2. The predicted molar refractivity (Wildman–Crippen MR) is 86.8 cm³/mol. The molecular weight excluding hydrogens is 330 g/mol. The average Bonchev–Trinajstić information content (AvgIpc) is 3.15. The molecule has 24 heavy (non-hydrogen) atoms. The molecule has 0 aliphatic rings. The molecule has 0 radical (unpaired) electrons. The molecule has 0 aliphatic heterocycles. The van der Waals surface area contributed by atoms with Crippen LogP contribution in [0.5, 0.6) is 5.75 Å². The predicted octanol–water partition coefficient (Wildman–Crippen LogP) is 2.22. The molecule has 0 saturated carbocycles. The van der Waals surface area contributed by atoms with Crippen molar-refractivity contribution in [2.45, 2.75) is 11.4 Å². The van der Waals surface area contributed by atoms with E-state index < -0.39 is 10.0 Å². The molecule has 2 heterocycles. The first-order chi connectivity index (χ1) is 11.6. The van der Waals surface area contributed by atoms with E-state index in [9.17, 15) is 8.42 Å². The molecule has 0 saturated heterocycles. The highest BCUT2D eigenvalue weighted by molar-refractivity contribution is 7.89. The topological polar surface area (TPSA) is 94.3 Å². The zero-order valence-corrected chi connectivity index (χ0v) is 13.7. The van der Waals surface area contributed by atoms with E-state index in [1.807, 2.05) is 0 Å². The van der Waals surface area contributed by atoms with E-state index in [0.717, 1.165) is 0 Å². The number of nitrogens with one attached hydrogen (secondary N) is 1. The van der Waals surface area contributed by atoms with Crippen LogP contribution in [-0.2, 0) is 16.6 Å². The smallest absolute Gasteiger partial charge is 0.241 e. The fourth-order valence-electron chi connectivity index (χ4n) is 2.13. The second-order valence-electron chi connectivity index (χ2n) is 4.83.